The van der Waals surface area contributed by atoms with Gasteiger partial charge in [0.05, 0.1) is 4.90 Å². The number of sulfonamides is 1. The summed E-state index contributed by atoms with van der Waals surface area (Å²) in [4.78, 5) is 2.41. The van der Waals surface area contributed by atoms with Crippen LogP contribution in [0.25, 0.3) is 0 Å². The minimum Gasteiger partial charge on any atom is -0.355 e. The van der Waals surface area contributed by atoms with Gasteiger partial charge in [0, 0.05) is 13.1 Å². The monoisotopic (exact) mass is 360 g/mol. The number of benzene rings is 1. The lowest BCUT2D eigenvalue weighted by atomic mass is 9.99. The van der Waals surface area contributed by atoms with Crippen LogP contribution in [0.4, 0.5) is 11.6 Å². The number of rotatable bonds is 5. The molecular weight excluding hydrogens is 336 g/mol. The summed E-state index contributed by atoms with van der Waals surface area (Å²) in [5, 5.41) is 8.22. The summed E-state index contributed by atoms with van der Waals surface area (Å²) in [5.41, 5.74) is 1.10. The molecule has 7 heteroatoms. The Morgan fingerprint density at radius 2 is 1.76 bits per heavy atom. The second-order valence-electron chi connectivity index (χ2n) is 6.55. The number of hydrogen-bond acceptors (Lipinski definition) is 5. The Morgan fingerprint density at radius 1 is 1.08 bits per heavy atom. The standard InChI is InChI=1S/C18H24N4O2S/c1-3-15-4-6-16(7-5-15)25(23,24)21-17-8-9-18(20-19-17)22-12-10-14(2)11-13-22/h4-9,14H,3,10-13H2,1-2H3,(H,19,21). The van der Waals surface area contributed by atoms with Gasteiger partial charge >= 0.3 is 0 Å². The van der Waals surface area contributed by atoms with E-state index in [-0.39, 0.29) is 10.7 Å². The van der Waals surface area contributed by atoms with Crippen LogP contribution in [-0.2, 0) is 16.4 Å². The summed E-state index contributed by atoms with van der Waals surface area (Å²) < 4.78 is 27.4. The van der Waals surface area contributed by atoms with E-state index in [9.17, 15) is 8.42 Å². The van der Waals surface area contributed by atoms with Crippen molar-refractivity contribution in [2.45, 2.75) is 38.0 Å². The molecule has 0 bridgehead atoms. The molecule has 1 N–H and O–H groups in total. The first-order chi connectivity index (χ1) is 12.0. The summed E-state index contributed by atoms with van der Waals surface area (Å²) >= 11 is 0. The molecule has 3 rings (SSSR count). The summed E-state index contributed by atoms with van der Waals surface area (Å²) in [7, 11) is -3.65. The zero-order valence-electron chi connectivity index (χ0n) is 14.6. The van der Waals surface area contributed by atoms with Crippen LogP contribution >= 0.6 is 0 Å². The number of piperidine rings is 1. The summed E-state index contributed by atoms with van der Waals surface area (Å²) in [6.07, 6.45) is 3.16. The fourth-order valence-corrected chi connectivity index (χ4v) is 3.88. The van der Waals surface area contributed by atoms with Crippen molar-refractivity contribution >= 4 is 21.7 Å². The lowest BCUT2D eigenvalue weighted by molar-refractivity contribution is 0.436. The molecule has 2 heterocycles. The number of aryl methyl sites for hydroxylation is 1. The predicted octanol–water partition coefficient (Wildman–Crippen LogP) is 3.08. The maximum absolute atomic E-state index is 12.4. The lowest BCUT2D eigenvalue weighted by Crippen LogP contribution is -2.33. The fraction of sp³-hybridized carbons (Fsp3) is 0.444. The maximum atomic E-state index is 12.4. The zero-order valence-corrected chi connectivity index (χ0v) is 15.5. The van der Waals surface area contributed by atoms with E-state index < -0.39 is 10.0 Å². The van der Waals surface area contributed by atoms with E-state index >= 15 is 0 Å². The highest BCUT2D eigenvalue weighted by molar-refractivity contribution is 7.92. The van der Waals surface area contributed by atoms with Crippen molar-refractivity contribution in [2.24, 2.45) is 5.92 Å². The molecule has 1 aromatic heterocycles. The molecule has 0 unspecified atom stereocenters. The molecule has 0 atom stereocenters. The molecule has 1 aromatic carbocycles. The van der Waals surface area contributed by atoms with Crippen LogP contribution in [0.1, 0.15) is 32.3 Å². The Morgan fingerprint density at radius 3 is 2.32 bits per heavy atom. The van der Waals surface area contributed by atoms with E-state index in [4.69, 9.17) is 0 Å². The molecule has 1 aliphatic rings. The normalized spacial score (nSPS) is 16.0. The Bertz CT molecular complexity index is 796. The van der Waals surface area contributed by atoms with Gasteiger partial charge in [0.15, 0.2) is 11.6 Å². The largest absolute Gasteiger partial charge is 0.355 e. The topological polar surface area (TPSA) is 75.2 Å². The molecule has 0 amide bonds. The second-order valence-corrected chi connectivity index (χ2v) is 8.23. The van der Waals surface area contributed by atoms with Crippen LogP contribution in [0.2, 0.25) is 0 Å². The lowest BCUT2D eigenvalue weighted by Gasteiger charge is -2.30. The van der Waals surface area contributed by atoms with Gasteiger partial charge < -0.3 is 4.90 Å². The van der Waals surface area contributed by atoms with Gasteiger partial charge in [0.25, 0.3) is 10.0 Å². The van der Waals surface area contributed by atoms with E-state index in [1.807, 2.05) is 25.1 Å². The van der Waals surface area contributed by atoms with E-state index in [2.05, 4.69) is 26.7 Å². The molecule has 1 aliphatic heterocycles. The van der Waals surface area contributed by atoms with E-state index in [0.717, 1.165) is 49.7 Å². The number of anilines is 2. The molecule has 1 fully saturated rings. The highest BCUT2D eigenvalue weighted by atomic mass is 32.2. The first-order valence-electron chi connectivity index (χ1n) is 8.68. The molecule has 6 nitrogen and oxygen atoms in total. The summed E-state index contributed by atoms with van der Waals surface area (Å²) in [6.45, 7) is 6.21. The Labute approximate surface area is 149 Å². The molecular formula is C18H24N4O2S. The highest BCUT2D eigenvalue weighted by Gasteiger charge is 2.18. The van der Waals surface area contributed by atoms with Crippen LogP contribution in [0.5, 0.6) is 0 Å². The first kappa shape index (κ1) is 17.7. The van der Waals surface area contributed by atoms with Gasteiger partial charge in [-0.1, -0.05) is 26.0 Å². The van der Waals surface area contributed by atoms with Gasteiger partial charge in [0.1, 0.15) is 0 Å². The van der Waals surface area contributed by atoms with Crippen LogP contribution in [0.3, 0.4) is 0 Å². The van der Waals surface area contributed by atoms with Gasteiger partial charge in [-0.2, -0.15) is 0 Å². The van der Waals surface area contributed by atoms with Gasteiger partial charge in [-0.15, -0.1) is 10.2 Å². The van der Waals surface area contributed by atoms with Crippen molar-refractivity contribution in [3.63, 3.8) is 0 Å². The van der Waals surface area contributed by atoms with Crippen molar-refractivity contribution in [2.75, 3.05) is 22.7 Å². The van der Waals surface area contributed by atoms with E-state index in [0.29, 0.717) is 0 Å². The molecule has 0 aliphatic carbocycles. The van der Waals surface area contributed by atoms with Crippen LogP contribution in [0.15, 0.2) is 41.3 Å². The van der Waals surface area contributed by atoms with Gasteiger partial charge in [-0.05, 0) is 55.0 Å². The Kier molecular flexibility index (Phi) is 5.22. The fourth-order valence-electron chi connectivity index (χ4n) is 2.89. The maximum Gasteiger partial charge on any atom is 0.263 e. The first-order valence-corrected chi connectivity index (χ1v) is 10.2. The third-order valence-electron chi connectivity index (χ3n) is 4.64. The molecule has 25 heavy (non-hydrogen) atoms. The average molecular weight is 360 g/mol. The quantitative estimate of drug-likeness (QED) is 0.887. The third-order valence-corrected chi connectivity index (χ3v) is 6.01. The number of nitrogens with zero attached hydrogens (tertiary/aromatic N) is 3. The smallest absolute Gasteiger partial charge is 0.263 e. The number of hydrogen-bond donors (Lipinski definition) is 1. The Balaban J connectivity index is 1.69. The predicted molar refractivity (Wildman–Crippen MR) is 99.3 cm³/mol. The molecule has 0 spiro atoms. The van der Waals surface area contributed by atoms with Gasteiger partial charge in [-0.25, -0.2) is 8.42 Å². The average Bonchev–Trinajstić information content (AvgIpc) is 2.63. The molecule has 0 saturated carbocycles. The molecule has 134 valence electrons. The highest BCUT2D eigenvalue weighted by Crippen LogP contribution is 2.22. The number of nitrogens with one attached hydrogen (secondary N) is 1. The van der Waals surface area contributed by atoms with Crippen LogP contribution < -0.4 is 9.62 Å². The van der Waals surface area contributed by atoms with Crippen molar-refractivity contribution < 1.29 is 8.42 Å². The molecule has 1 saturated heterocycles. The summed E-state index contributed by atoms with van der Waals surface area (Å²) in [6, 6.07) is 10.3. The molecule has 2 aromatic rings. The van der Waals surface area contributed by atoms with Gasteiger partial charge in [0.2, 0.25) is 0 Å². The summed E-state index contributed by atoms with van der Waals surface area (Å²) in [5.74, 6) is 1.77. The van der Waals surface area contributed by atoms with Crippen molar-refractivity contribution in [1.29, 1.82) is 0 Å². The minimum absolute atomic E-state index is 0.223. The zero-order chi connectivity index (χ0) is 17.9. The van der Waals surface area contributed by atoms with E-state index in [1.165, 1.54) is 0 Å². The third kappa shape index (κ3) is 4.28. The number of aromatic nitrogens is 2. The van der Waals surface area contributed by atoms with Gasteiger partial charge in [-0.3, -0.25) is 4.72 Å². The van der Waals surface area contributed by atoms with E-state index in [1.54, 1.807) is 18.2 Å². The second kappa shape index (κ2) is 7.39. The Hall–Kier alpha value is -2.15. The van der Waals surface area contributed by atoms with Crippen molar-refractivity contribution in [1.82, 2.24) is 10.2 Å². The molecule has 0 radical (unpaired) electrons. The van der Waals surface area contributed by atoms with Crippen molar-refractivity contribution in [3.05, 3.63) is 42.0 Å². The van der Waals surface area contributed by atoms with Crippen LogP contribution in [0, 0.1) is 5.92 Å². The van der Waals surface area contributed by atoms with Crippen LogP contribution in [-0.4, -0.2) is 31.7 Å². The SMILES string of the molecule is CCc1ccc(S(=O)(=O)Nc2ccc(N3CCC(C)CC3)nn2)cc1. The minimum atomic E-state index is -3.65. The van der Waals surface area contributed by atoms with Crippen molar-refractivity contribution in [3.8, 4) is 0 Å².